The van der Waals surface area contributed by atoms with Crippen molar-refractivity contribution in [3.8, 4) is 5.75 Å². The highest BCUT2D eigenvalue weighted by molar-refractivity contribution is 5.80. The van der Waals surface area contributed by atoms with Gasteiger partial charge in [0.25, 0.3) is 0 Å². The number of para-hydroxylation sites is 2. The van der Waals surface area contributed by atoms with E-state index in [9.17, 15) is 0 Å². The zero-order chi connectivity index (χ0) is 18.1. The predicted octanol–water partition coefficient (Wildman–Crippen LogP) is 1.78. The highest BCUT2D eigenvalue weighted by Gasteiger charge is 2.25. The summed E-state index contributed by atoms with van der Waals surface area (Å²) in [6, 6.07) is 8.62. The van der Waals surface area contributed by atoms with Gasteiger partial charge in [-0.1, -0.05) is 12.1 Å². The average Bonchev–Trinajstić information content (AvgIpc) is 3.07. The Hall–Kier alpha value is -1.95. The van der Waals surface area contributed by atoms with Gasteiger partial charge in [-0.15, -0.1) is 0 Å². The Morgan fingerprint density at radius 1 is 1.36 bits per heavy atom. The van der Waals surface area contributed by atoms with Gasteiger partial charge in [-0.3, -0.25) is 4.99 Å². The molecule has 6 nitrogen and oxygen atoms in total. The topological polar surface area (TPSA) is 52.1 Å². The summed E-state index contributed by atoms with van der Waals surface area (Å²) in [7, 11) is 5.92. The molecule has 25 heavy (non-hydrogen) atoms. The Labute approximate surface area is 152 Å². The molecule has 1 heterocycles. The summed E-state index contributed by atoms with van der Waals surface area (Å²) in [6.07, 6.45) is 2.17. The van der Waals surface area contributed by atoms with E-state index < -0.39 is 0 Å². The molecule has 2 N–H and O–H groups in total. The quantitative estimate of drug-likeness (QED) is 0.426. The summed E-state index contributed by atoms with van der Waals surface area (Å²) in [4.78, 5) is 9.28. The number of ether oxygens (including phenoxy) is 1. The van der Waals surface area contributed by atoms with Crippen molar-refractivity contribution >= 4 is 11.6 Å². The maximum Gasteiger partial charge on any atom is 0.191 e. The van der Waals surface area contributed by atoms with E-state index in [1.165, 1.54) is 5.69 Å². The predicted molar refractivity (Wildman–Crippen MR) is 106 cm³/mol. The highest BCUT2D eigenvalue weighted by atomic mass is 16.5. The zero-order valence-electron chi connectivity index (χ0n) is 16.1. The van der Waals surface area contributed by atoms with Crippen LogP contribution in [0.3, 0.4) is 0 Å². The smallest absolute Gasteiger partial charge is 0.191 e. The van der Waals surface area contributed by atoms with Gasteiger partial charge in [0.2, 0.25) is 0 Å². The lowest BCUT2D eigenvalue weighted by Gasteiger charge is -2.22. The molecule has 1 aromatic rings. The molecule has 1 atom stereocenters. The summed E-state index contributed by atoms with van der Waals surface area (Å²) >= 11 is 0. The SMILES string of the molecule is CCNC(=NCCCN(C)C)NC1CCN(c2ccccc2OC)C1. The third-order valence-electron chi connectivity index (χ3n) is 4.33. The molecule has 1 saturated heterocycles. The molecular formula is C19H33N5O. The van der Waals surface area contributed by atoms with Crippen LogP contribution in [-0.2, 0) is 0 Å². The lowest BCUT2D eigenvalue weighted by atomic mass is 10.2. The van der Waals surface area contributed by atoms with E-state index in [1.807, 2.05) is 12.1 Å². The Balaban J connectivity index is 1.89. The Bertz CT molecular complexity index is 546. The van der Waals surface area contributed by atoms with Crippen LogP contribution in [0, 0.1) is 0 Å². The van der Waals surface area contributed by atoms with Gasteiger partial charge in [-0.05, 0) is 52.5 Å². The fourth-order valence-corrected chi connectivity index (χ4v) is 3.08. The molecule has 0 aromatic heterocycles. The van der Waals surface area contributed by atoms with E-state index >= 15 is 0 Å². The first-order chi connectivity index (χ1) is 12.1. The van der Waals surface area contributed by atoms with Crippen molar-refractivity contribution in [2.75, 3.05) is 58.8 Å². The van der Waals surface area contributed by atoms with Gasteiger partial charge in [-0.25, -0.2) is 0 Å². The maximum atomic E-state index is 5.50. The second kappa shape index (κ2) is 10.1. The van der Waals surface area contributed by atoms with Crippen molar-refractivity contribution < 1.29 is 4.74 Å². The van der Waals surface area contributed by atoms with E-state index in [2.05, 4.69) is 53.6 Å². The molecule has 1 aromatic carbocycles. The third-order valence-corrected chi connectivity index (χ3v) is 4.33. The number of rotatable bonds is 8. The second-order valence-electron chi connectivity index (χ2n) is 6.67. The van der Waals surface area contributed by atoms with Crippen LogP contribution in [0.15, 0.2) is 29.3 Å². The molecule has 1 fully saturated rings. The maximum absolute atomic E-state index is 5.50. The number of methoxy groups -OCH3 is 1. The van der Waals surface area contributed by atoms with Crippen LogP contribution in [0.25, 0.3) is 0 Å². The first-order valence-electron chi connectivity index (χ1n) is 9.21. The summed E-state index contributed by atoms with van der Waals surface area (Å²) in [6.45, 7) is 6.88. The van der Waals surface area contributed by atoms with Crippen molar-refractivity contribution in [1.82, 2.24) is 15.5 Å². The normalized spacial score (nSPS) is 17.9. The van der Waals surface area contributed by atoms with E-state index in [1.54, 1.807) is 7.11 Å². The van der Waals surface area contributed by atoms with Crippen molar-refractivity contribution in [2.24, 2.45) is 4.99 Å². The average molecular weight is 348 g/mol. The van der Waals surface area contributed by atoms with E-state index in [0.29, 0.717) is 6.04 Å². The molecule has 0 saturated carbocycles. The molecule has 0 bridgehead atoms. The number of aliphatic imine (C=N–C) groups is 1. The van der Waals surface area contributed by atoms with E-state index in [4.69, 9.17) is 9.73 Å². The first-order valence-corrected chi connectivity index (χ1v) is 9.21. The minimum atomic E-state index is 0.400. The third kappa shape index (κ3) is 6.12. The molecule has 1 unspecified atom stereocenters. The van der Waals surface area contributed by atoms with Gasteiger partial charge in [0.1, 0.15) is 5.75 Å². The van der Waals surface area contributed by atoms with Crippen LogP contribution in [0.5, 0.6) is 5.75 Å². The van der Waals surface area contributed by atoms with Crippen molar-refractivity contribution in [3.63, 3.8) is 0 Å². The van der Waals surface area contributed by atoms with E-state index in [-0.39, 0.29) is 0 Å². The molecular weight excluding hydrogens is 314 g/mol. The van der Waals surface area contributed by atoms with E-state index in [0.717, 1.165) is 57.3 Å². The molecule has 6 heteroatoms. The highest BCUT2D eigenvalue weighted by Crippen LogP contribution is 2.30. The van der Waals surface area contributed by atoms with Gasteiger partial charge in [0.05, 0.1) is 12.8 Å². The first kappa shape index (κ1) is 19.4. The number of hydrogen-bond donors (Lipinski definition) is 2. The van der Waals surface area contributed by atoms with Crippen LogP contribution in [0.4, 0.5) is 5.69 Å². The molecule has 0 spiro atoms. The second-order valence-corrected chi connectivity index (χ2v) is 6.67. The molecule has 0 aliphatic carbocycles. The summed E-state index contributed by atoms with van der Waals surface area (Å²) < 4.78 is 5.50. The Morgan fingerprint density at radius 3 is 2.88 bits per heavy atom. The minimum Gasteiger partial charge on any atom is -0.495 e. The Morgan fingerprint density at radius 2 is 2.16 bits per heavy atom. The van der Waals surface area contributed by atoms with Crippen LogP contribution < -0.4 is 20.3 Å². The standard InChI is InChI=1S/C19H33N5O/c1-5-20-19(21-12-8-13-23(2)3)22-16-11-14-24(15-16)17-9-6-7-10-18(17)25-4/h6-7,9-10,16H,5,8,11-15H2,1-4H3,(H2,20,21,22). The molecule has 1 aliphatic rings. The lowest BCUT2D eigenvalue weighted by Crippen LogP contribution is -2.44. The fourth-order valence-electron chi connectivity index (χ4n) is 3.08. The van der Waals surface area contributed by atoms with Gasteiger partial charge >= 0.3 is 0 Å². The lowest BCUT2D eigenvalue weighted by molar-refractivity contribution is 0.403. The zero-order valence-corrected chi connectivity index (χ0v) is 16.1. The van der Waals surface area contributed by atoms with Gasteiger partial charge in [0.15, 0.2) is 5.96 Å². The largest absolute Gasteiger partial charge is 0.495 e. The molecule has 0 radical (unpaired) electrons. The summed E-state index contributed by atoms with van der Waals surface area (Å²) in [5.74, 6) is 1.86. The number of nitrogens with one attached hydrogen (secondary N) is 2. The minimum absolute atomic E-state index is 0.400. The van der Waals surface area contributed by atoms with Crippen LogP contribution >= 0.6 is 0 Å². The Kier molecular flexibility index (Phi) is 7.85. The van der Waals surface area contributed by atoms with Crippen molar-refractivity contribution in [1.29, 1.82) is 0 Å². The monoisotopic (exact) mass is 347 g/mol. The molecule has 0 amide bonds. The molecule has 2 rings (SSSR count). The van der Waals surface area contributed by atoms with Crippen LogP contribution in [0.2, 0.25) is 0 Å². The molecule has 1 aliphatic heterocycles. The van der Waals surface area contributed by atoms with Crippen LogP contribution in [-0.4, -0.2) is 70.8 Å². The van der Waals surface area contributed by atoms with Gasteiger partial charge < -0.3 is 25.2 Å². The van der Waals surface area contributed by atoms with Gasteiger partial charge in [0, 0.05) is 32.2 Å². The number of benzene rings is 1. The summed E-state index contributed by atoms with van der Waals surface area (Å²) in [5, 5.41) is 6.94. The van der Waals surface area contributed by atoms with Crippen LogP contribution in [0.1, 0.15) is 19.8 Å². The summed E-state index contributed by atoms with van der Waals surface area (Å²) in [5.41, 5.74) is 1.17. The van der Waals surface area contributed by atoms with Crippen molar-refractivity contribution in [2.45, 2.75) is 25.8 Å². The number of hydrogen-bond acceptors (Lipinski definition) is 4. The van der Waals surface area contributed by atoms with Crippen molar-refractivity contribution in [3.05, 3.63) is 24.3 Å². The molecule has 140 valence electrons. The number of anilines is 1. The number of nitrogens with zero attached hydrogens (tertiary/aromatic N) is 3. The number of guanidine groups is 1. The fraction of sp³-hybridized carbons (Fsp3) is 0.632. The van der Waals surface area contributed by atoms with Gasteiger partial charge in [-0.2, -0.15) is 0 Å².